The van der Waals surface area contributed by atoms with Gasteiger partial charge < -0.3 is 4.74 Å². The van der Waals surface area contributed by atoms with E-state index in [1.54, 1.807) is 0 Å². The first kappa shape index (κ1) is 11.8. The summed E-state index contributed by atoms with van der Waals surface area (Å²) in [6.45, 7) is 0. The molecule has 0 heterocycles. The van der Waals surface area contributed by atoms with E-state index in [0.29, 0.717) is 5.56 Å². The van der Waals surface area contributed by atoms with Gasteiger partial charge in [0.1, 0.15) is 0 Å². The van der Waals surface area contributed by atoms with Crippen LogP contribution in [0.2, 0.25) is 0 Å². The van der Waals surface area contributed by atoms with Crippen molar-refractivity contribution in [3.05, 3.63) is 45.8 Å². The molecule has 1 rings (SSSR count). The molecule has 0 saturated heterocycles. The zero-order valence-electron chi connectivity index (χ0n) is 8.34. The van der Waals surface area contributed by atoms with Crippen LogP contribution >= 0.6 is 0 Å². The van der Waals surface area contributed by atoms with Crippen molar-refractivity contribution in [3.63, 3.8) is 0 Å². The second-order valence-electron chi connectivity index (χ2n) is 2.82. The number of nitro groups is 1. The van der Waals surface area contributed by atoms with Crippen LogP contribution in [0.3, 0.4) is 0 Å². The number of ether oxygens (including phenoxy) is 1. The summed E-state index contributed by atoms with van der Waals surface area (Å²) in [5, 5.41) is 10.3. The third-order valence-electron chi connectivity index (χ3n) is 1.78. The summed E-state index contributed by atoms with van der Waals surface area (Å²) in [4.78, 5) is 20.2. The molecule has 0 atom stereocenters. The zero-order valence-corrected chi connectivity index (χ0v) is 8.34. The maximum Gasteiger partial charge on any atom is 0.330 e. The van der Waals surface area contributed by atoms with Crippen LogP contribution in [0.1, 0.15) is 5.56 Å². The summed E-state index contributed by atoms with van der Waals surface area (Å²) < 4.78 is 17.5. The van der Waals surface area contributed by atoms with Crippen molar-refractivity contribution in [2.24, 2.45) is 0 Å². The molecule has 6 heteroatoms. The van der Waals surface area contributed by atoms with Gasteiger partial charge in [-0.2, -0.15) is 4.39 Å². The fraction of sp³-hybridized carbons (Fsp3) is 0.100. The van der Waals surface area contributed by atoms with Gasteiger partial charge >= 0.3 is 11.7 Å². The minimum Gasteiger partial charge on any atom is -0.466 e. The maximum absolute atomic E-state index is 13.1. The average molecular weight is 225 g/mol. The van der Waals surface area contributed by atoms with Gasteiger partial charge in [-0.15, -0.1) is 0 Å². The summed E-state index contributed by atoms with van der Waals surface area (Å²) in [5.41, 5.74) is -0.260. The monoisotopic (exact) mass is 225 g/mol. The van der Waals surface area contributed by atoms with Crippen LogP contribution in [0.5, 0.6) is 0 Å². The first-order valence-electron chi connectivity index (χ1n) is 4.24. The van der Waals surface area contributed by atoms with E-state index in [0.717, 1.165) is 18.2 Å². The molecule has 0 radical (unpaired) electrons. The van der Waals surface area contributed by atoms with Gasteiger partial charge in [-0.1, -0.05) is 0 Å². The molecule has 16 heavy (non-hydrogen) atoms. The van der Waals surface area contributed by atoms with Crippen LogP contribution in [0, 0.1) is 15.9 Å². The number of rotatable bonds is 3. The van der Waals surface area contributed by atoms with Gasteiger partial charge in [0.25, 0.3) is 0 Å². The molecule has 0 aliphatic heterocycles. The van der Waals surface area contributed by atoms with Crippen molar-refractivity contribution >= 4 is 17.7 Å². The first-order chi connectivity index (χ1) is 7.54. The Bertz CT molecular complexity index is 456. The van der Waals surface area contributed by atoms with Crippen LogP contribution < -0.4 is 0 Å². The number of nitro benzene ring substituents is 1. The standard InChI is InChI=1S/C10H8FNO4/c1-16-10(13)5-3-7-2-4-9(12(14)15)8(11)6-7/h2-6H,1H3/b5-3+. The first-order valence-corrected chi connectivity index (χ1v) is 4.24. The lowest BCUT2D eigenvalue weighted by Gasteiger charge is -1.96. The van der Waals surface area contributed by atoms with Crippen molar-refractivity contribution in [1.82, 2.24) is 0 Å². The van der Waals surface area contributed by atoms with Gasteiger partial charge in [0.05, 0.1) is 12.0 Å². The van der Waals surface area contributed by atoms with Gasteiger partial charge in [-0.05, 0) is 23.8 Å². The van der Waals surface area contributed by atoms with E-state index in [-0.39, 0.29) is 0 Å². The van der Waals surface area contributed by atoms with Crippen molar-refractivity contribution in [3.8, 4) is 0 Å². The van der Waals surface area contributed by atoms with E-state index in [1.807, 2.05) is 0 Å². The molecule has 1 aromatic rings. The summed E-state index contributed by atoms with van der Waals surface area (Å²) in [7, 11) is 1.21. The Labute approximate surface area is 90.3 Å². The number of esters is 1. The van der Waals surface area contributed by atoms with Crippen LogP contribution in [-0.4, -0.2) is 18.0 Å². The average Bonchev–Trinajstić information content (AvgIpc) is 2.25. The van der Waals surface area contributed by atoms with E-state index >= 15 is 0 Å². The third kappa shape index (κ3) is 2.88. The Morgan fingerprint density at radius 3 is 2.75 bits per heavy atom. The van der Waals surface area contributed by atoms with E-state index in [2.05, 4.69) is 4.74 Å². The molecule has 1 aromatic carbocycles. The smallest absolute Gasteiger partial charge is 0.330 e. The SMILES string of the molecule is COC(=O)/C=C/c1ccc([N+](=O)[O-])c(F)c1. The highest BCUT2D eigenvalue weighted by Crippen LogP contribution is 2.18. The Morgan fingerprint density at radius 1 is 1.56 bits per heavy atom. The highest BCUT2D eigenvalue weighted by molar-refractivity contribution is 5.86. The lowest BCUT2D eigenvalue weighted by atomic mass is 10.2. The van der Waals surface area contributed by atoms with Crippen LogP contribution in [0.4, 0.5) is 10.1 Å². The van der Waals surface area contributed by atoms with Crippen LogP contribution in [-0.2, 0) is 9.53 Å². The Kier molecular flexibility index (Phi) is 3.71. The number of carbonyl (C=O) groups excluding carboxylic acids is 1. The maximum atomic E-state index is 13.1. The van der Waals surface area contributed by atoms with Crippen LogP contribution in [0.25, 0.3) is 6.08 Å². The van der Waals surface area contributed by atoms with Gasteiger partial charge in [-0.25, -0.2) is 4.79 Å². The van der Waals surface area contributed by atoms with E-state index in [4.69, 9.17) is 0 Å². The van der Waals surface area contributed by atoms with Gasteiger partial charge in [0.2, 0.25) is 5.82 Å². The predicted molar refractivity (Wildman–Crippen MR) is 54.1 cm³/mol. The van der Waals surface area contributed by atoms with Gasteiger partial charge in [0, 0.05) is 12.1 Å². The number of methoxy groups -OCH3 is 1. The molecule has 0 amide bonds. The second kappa shape index (κ2) is 5.01. The van der Waals surface area contributed by atoms with Crippen molar-refractivity contribution in [1.29, 1.82) is 0 Å². The fourth-order valence-electron chi connectivity index (χ4n) is 1.01. The minimum atomic E-state index is -0.947. The fourth-order valence-corrected chi connectivity index (χ4v) is 1.01. The number of halogens is 1. The highest BCUT2D eigenvalue weighted by atomic mass is 19.1. The molecule has 84 valence electrons. The van der Waals surface area contributed by atoms with Crippen LogP contribution in [0.15, 0.2) is 24.3 Å². The summed E-state index contributed by atoms with van der Waals surface area (Å²) in [6.07, 6.45) is 2.40. The molecule has 0 aromatic heterocycles. The van der Waals surface area contributed by atoms with Gasteiger partial charge in [-0.3, -0.25) is 10.1 Å². The van der Waals surface area contributed by atoms with E-state index in [1.165, 1.54) is 19.3 Å². The molecule has 0 aliphatic carbocycles. The van der Waals surface area contributed by atoms with Crippen molar-refractivity contribution < 1.29 is 18.8 Å². The molecule has 0 unspecified atom stereocenters. The molecule has 0 bridgehead atoms. The molecule has 5 nitrogen and oxygen atoms in total. The third-order valence-corrected chi connectivity index (χ3v) is 1.78. The molecule has 0 fully saturated rings. The largest absolute Gasteiger partial charge is 0.466 e. The Morgan fingerprint density at radius 2 is 2.25 bits per heavy atom. The Balaban J connectivity index is 2.94. The summed E-state index contributed by atoms with van der Waals surface area (Å²) in [6, 6.07) is 3.34. The molecule has 0 N–H and O–H groups in total. The molecule has 0 saturated carbocycles. The lowest BCUT2D eigenvalue weighted by Crippen LogP contribution is -1.94. The molecular weight excluding hydrogens is 217 g/mol. The van der Waals surface area contributed by atoms with E-state index < -0.39 is 22.4 Å². The van der Waals surface area contributed by atoms with Gasteiger partial charge in [0.15, 0.2) is 0 Å². The number of hydrogen-bond donors (Lipinski definition) is 0. The summed E-state index contributed by atoms with van der Waals surface area (Å²) in [5.74, 6) is -1.53. The minimum absolute atomic E-state index is 0.341. The van der Waals surface area contributed by atoms with E-state index in [9.17, 15) is 19.3 Å². The molecular formula is C10H8FNO4. The number of hydrogen-bond acceptors (Lipinski definition) is 4. The zero-order chi connectivity index (χ0) is 12.1. The number of benzene rings is 1. The Hall–Kier alpha value is -2.24. The summed E-state index contributed by atoms with van der Waals surface area (Å²) >= 11 is 0. The number of nitrogens with zero attached hydrogens (tertiary/aromatic N) is 1. The lowest BCUT2D eigenvalue weighted by molar-refractivity contribution is -0.387. The number of carbonyl (C=O) groups is 1. The molecule has 0 spiro atoms. The normalized spacial score (nSPS) is 10.4. The second-order valence-corrected chi connectivity index (χ2v) is 2.82. The highest BCUT2D eigenvalue weighted by Gasteiger charge is 2.12. The van der Waals surface area contributed by atoms with Crippen molar-refractivity contribution in [2.45, 2.75) is 0 Å². The predicted octanol–water partition coefficient (Wildman–Crippen LogP) is 1.92. The topological polar surface area (TPSA) is 69.4 Å². The van der Waals surface area contributed by atoms with Crippen molar-refractivity contribution in [2.75, 3.05) is 7.11 Å². The molecule has 0 aliphatic rings. The quantitative estimate of drug-likeness (QED) is 0.341.